The third-order valence-electron chi connectivity index (χ3n) is 2.31. The van der Waals surface area contributed by atoms with Gasteiger partial charge in [0.2, 0.25) is 0 Å². The van der Waals surface area contributed by atoms with Crippen molar-refractivity contribution >= 4 is 0 Å². The van der Waals surface area contributed by atoms with E-state index in [1.807, 2.05) is 13.8 Å². The summed E-state index contributed by atoms with van der Waals surface area (Å²) in [7, 11) is 0. The molecular formula is C10H22O2. The van der Waals surface area contributed by atoms with Gasteiger partial charge in [-0.05, 0) is 26.7 Å². The van der Waals surface area contributed by atoms with Crippen LogP contribution in [0, 0.1) is 0 Å². The van der Waals surface area contributed by atoms with E-state index in [4.69, 9.17) is 9.47 Å². The lowest BCUT2D eigenvalue weighted by Crippen LogP contribution is -2.36. The predicted octanol–water partition coefficient (Wildman–Crippen LogP) is 2.62. The van der Waals surface area contributed by atoms with Gasteiger partial charge in [-0.15, -0.1) is 0 Å². The van der Waals surface area contributed by atoms with Crippen LogP contribution < -0.4 is 0 Å². The van der Waals surface area contributed by atoms with Crippen molar-refractivity contribution < 1.29 is 9.47 Å². The first kappa shape index (κ1) is 11.9. The highest BCUT2D eigenvalue weighted by Gasteiger charge is 2.26. The molecule has 12 heavy (non-hydrogen) atoms. The van der Waals surface area contributed by atoms with Crippen LogP contribution in [0.3, 0.4) is 0 Å². The first-order chi connectivity index (χ1) is 5.74. The first-order valence-electron chi connectivity index (χ1n) is 4.96. The lowest BCUT2D eigenvalue weighted by molar-refractivity contribution is -0.0966. The van der Waals surface area contributed by atoms with E-state index in [2.05, 4.69) is 13.8 Å². The zero-order valence-electron chi connectivity index (χ0n) is 8.85. The van der Waals surface area contributed by atoms with Gasteiger partial charge in [-0.2, -0.15) is 0 Å². The summed E-state index contributed by atoms with van der Waals surface area (Å²) in [5.41, 5.74) is -0.0369. The van der Waals surface area contributed by atoms with Crippen molar-refractivity contribution in [3.05, 3.63) is 0 Å². The second kappa shape index (κ2) is 6.44. The predicted molar refractivity (Wildman–Crippen MR) is 51.4 cm³/mol. The minimum atomic E-state index is -0.0369. The Kier molecular flexibility index (Phi) is 6.39. The van der Waals surface area contributed by atoms with Gasteiger partial charge in [-0.1, -0.05) is 13.8 Å². The molecule has 0 saturated carbocycles. The number of rotatable bonds is 7. The van der Waals surface area contributed by atoms with Crippen LogP contribution in [0.4, 0.5) is 0 Å². The Labute approximate surface area is 76.3 Å². The lowest BCUT2D eigenvalue weighted by Gasteiger charge is -2.31. The minimum Gasteiger partial charge on any atom is -0.379 e. The summed E-state index contributed by atoms with van der Waals surface area (Å²) in [6.07, 6.45) is 2.05. The Bertz CT molecular complexity index is 98.0. The summed E-state index contributed by atoms with van der Waals surface area (Å²) in [4.78, 5) is 0. The molecule has 0 aliphatic rings. The largest absolute Gasteiger partial charge is 0.379 e. The van der Waals surface area contributed by atoms with E-state index in [0.29, 0.717) is 0 Å². The molecule has 0 aromatic carbocycles. The molecule has 0 heterocycles. The molecule has 0 aromatic rings. The molecule has 0 unspecified atom stereocenters. The van der Waals surface area contributed by atoms with E-state index < -0.39 is 0 Å². The van der Waals surface area contributed by atoms with Crippen molar-refractivity contribution in [2.24, 2.45) is 0 Å². The molecule has 0 rings (SSSR count). The quantitative estimate of drug-likeness (QED) is 0.590. The van der Waals surface area contributed by atoms with E-state index in [-0.39, 0.29) is 5.60 Å². The Balaban J connectivity index is 3.95. The molecule has 0 bridgehead atoms. The molecular weight excluding hydrogens is 152 g/mol. The van der Waals surface area contributed by atoms with Gasteiger partial charge in [0.25, 0.3) is 0 Å². The average molecular weight is 174 g/mol. The van der Waals surface area contributed by atoms with Crippen molar-refractivity contribution in [1.29, 1.82) is 0 Å². The van der Waals surface area contributed by atoms with Crippen LogP contribution >= 0.6 is 0 Å². The second-order valence-corrected chi connectivity index (χ2v) is 2.96. The zero-order valence-corrected chi connectivity index (χ0v) is 8.85. The van der Waals surface area contributed by atoms with Gasteiger partial charge < -0.3 is 9.47 Å². The molecule has 0 fully saturated rings. The molecule has 74 valence electrons. The van der Waals surface area contributed by atoms with Crippen molar-refractivity contribution in [1.82, 2.24) is 0 Å². The van der Waals surface area contributed by atoms with Crippen molar-refractivity contribution in [3.63, 3.8) is 0 Å². The fraction of sp³-hybridized carbons (Fsp3) is 1.00. The van der Waals surface area contributed by atoms with Gasteiger partial charge in [-0.25, -0.2) is 0 Å². The molecule has 0 spiro atoms. The SMILES string of the molecule is CCOCC(CC)(CC)OCC. The van der Waals surface area contributed by atoms with Crippen LogP contribution in [-0.4, -0.2) is 25.4 Å². The van der Waals surface area contributed by atoms with Crippen molar-refractivity contribution in [2.45, 2.75) is 46.1 Å². The van der Waals surface area contributed by atoms with Gasteiger partial charge in [0.15, 0.2) is 0 Å². The monoisotopic (exact) mass is 174 g/mol. The van der Waals surface area contributed by atoms with E-state index in [1.165, 1.54) is 0 Å². The molecule has 0 saturated heterocycles. The van der Waals surface area contributed by atoms with Crippen LogP contribution in [0.15, 0.2) is 0 Å². The fourth-order valence-corrected chi connectivity index (χ4v) is 1.29. The normalized spacial score (nSPS) is 12.0. The van der Waals surface area contributed by atoms with E-state index >= 15 is 0 Å². The highest BCUT2D eigenvalue weighted by molar-refractivity contribution is 4.76. The van der Waals surface area contributed by atoms with Crippen molar-refractivity contribution in [2.75, 3.05) is 19.8 Å². The average Bonchev–Trinajstić information content (AvgIpc) is 2.13. The summed E-state index contributed by atoms with van der Waals surface area (Å²) < 4.78 is 11.1. The van der Waals surface area contributed by atoms with Gasteiger partial charge >= 0.3 is 0 Å². The van der Waals surface area contributed by atoms with Crippen LogP contribution in [0.2, 0.25) is 0 Å². The van der Waals surface area contributed by atoms with Gasteiger partial charge in [0.1, 0.15) is 0 Å². The molecule has 0 aliphatic heterocycles. The number of hydrogen-bond donors (Lipinski definition) is 0. The zero-order chi connectivity index (χ0) is 9.45. The third-order valence-corrected chi connectivity index (χ3v) is 2.31. The van der Waals surface area contributed by atoms with Crippen LogP contribution in [-0.2, 0) is 9.47 Å². The maximum absolute atomic E-state index is 5.70. The first-order valence-corrected chi connectivity index (χ1v) is 4.96. The summed E-state index contributed by atoms with van der Waals surface area (Å²) in [5.74, 6) is 0. The standard InChI is InChI=1S/C10H22O2/c1-5-10(6-2,12-8-4)9-11-7-3/h5-9H2,1-4H3. The smallest absolute Gasteiger partial charge is 0.0909 e. The summed E-state index contributed by atoms with van der Waals surface area (Å²) >= 11 is 0. The van der Waals surface area contributed by atoms with Gasteiger partial charge in [-0.3, -0.25) is 0 Å². The Morgan fingerprint density at radius 1 is 0.917 bits per heavy atom. The third kappa shape index (κ3) is 3.55. The van der Waals surface area contributed by atoms with E-state index in [9.17, 15) is 0 Å². The maximum Gasteiger partial charge on any atom is 0.0909 e. The van der Waals surface area contributed by atoms with Crippen LogP contribution in [0.25, 0.3) is 0 Å². The maximum atomic E-state index is 5.70. The Hall–Kier alpha value is -0.0800. The summed E-state index contributed by atoms with van der Waals surface area (Å²) in [6.45, 7) is 10.6. The molecule has 0 radical (unpaired) electrons. The topological polar surface area (TPSA) is 18.5 Å². The molecule has 0 aromatic heterocycles. The minimum absolute atomic E-state index is 0.0369. The molecule has 0 amide bonds. The lowest BCUT2D eigenvalue weighted by atomic mass is 9.98. The summed E-state index contributed by atoms with van der Waals surface area (Å²) in [6, 6.07) is 0. The fourth-order valence-electron chi connectivity index (χ4n) is 1.29. The molecule has 0 aliphatic carbocycles. The Morgan fingerprint density at radius 3 is 1.83 bits per heavy atom. The van der Waals surface area contributed by atoms with E-state index in [0.717, 1.165) is 32.7 Å². The van der Waals surface area contributed by atoms with E-state index in [1.54, 1.807) is 0 Å². The summed E-state index contributed by atoms with van der Waals surface area (Å²) in [5, 5.41) is 0. The van der Waals surface area contributed by atoms with Crippen LogP contribution in [0.5, 0.6) is 0 Å². The molecule has 2 nitrogen and oxygen atoms in total. The number of hydrogen-bond acceptors (Lipinski definition) is 2. The highest BCUT2D eigenvalue weighted by Crippen LogP contribution is 2.20. The van der Waals surface area contributed by atoms with Gasteiger partial charge in [0.05, 0.1) is 12.2 Å². The van der Waals surface area contributed by atoms with Crippen molar-refractivity contribution in [3.8, 4) is 0 Å². The molecule has 0 N–H and O–H groups in total. The van der Waals surface area contributed by atoms with Gasteiger partial charge in [0, 0.05) is 13.2 Å². The molecule has 2 heteroatoms. The second-order valence-electron chi connectivity index (χ2n) is 2.96. The number of ether oxygens (including phenoxy) is 2. The van der Waals surface area contributed by atoms with Crippen LogP contribution in [0.1, 0.15) is 40.5 Å². The Morgan fingerprint density at radius 2 is 1.50 bits per heavy atom. The highest BCUT2D eigenvalue weighted by atomic mass is 16.5. The molecule has 0 atom stereocenters.